The van der Waals surface area contributed by atoms with Crippen LogP contribution in [0.25, 0.3) is 0 Å². The Morgan fingerprint density at radius 2 is 1.77 bits per heavy atom. The number of anilines is 1. The second-order valence-corrected chi connectivity index (χ2v) is 6.82. The molecule has 0 fully saturated rings. The standard InChI is InChI=1S/C18H26N2O6/c1-10-12(8-19-9-14(21)22)7-13(16(23)25-6)11(2)15(10)20-17(24)26-18(3,4)5/h7,19H,8-9H2,1-6H3,(H,20,24)(H,21,22). The topological polar surface area (TPSA) is 114 Å². The molecule has 1 amide bonds. The molecular formula is C18H26N2O6. The monoisotopic (exact) mass is 366 g/mol. The maximum absolute atomic E-state index is 12.2. The van der Waals surface area contributed by atoms with Gasteiger partial charge in [0.2, 0.25) is 0 Å². The summed E-state index contributed by atoms with van der Waals surface area (Å²) in [6, 6.07) is 1.63. The zero-order chi connectivity index (χ0) is 20.1. The Kier molecular flexibility index (Phi) is 7.14. The van der Waals surface area contributed by atoms with Crippen LogP contribution < -0.4 is 10.6 Å². The number of aliphatic carboxylic acids is 1. The number of carbonyl (C=O) groups is 3. The number of amides is 1. The molecule has 0 aliphatic rings. The Balaban J connectivity index is 3.26. The van der Waals surface area contributed by atoms with Crippen LogP contribution in [0.4, 0.5) is 10.5 Å². The Labute approximate surface area is 152 Å². The Bertz CT molecular complexity index is 707. The molecule has 0 atom stereocenters. The number of nitrogens with one attached hydrogen (secondary N) is 2. The molecule has 0 heterocycles. The van der Waals surface area contributed by atoms with Crippen molar-refractivity contribution in [2.75, 3.05) is 19.0 Å². The van der Waals surface area contributed by atoms with Crippen LogP contribution in [0.3, 0.4) is 0 Å². The van der Waals surface area contributed by atoms with Gasteiger partial charge >= 0.3 is 18.0 Å². The predicted molar refractivity (Wildman–Crippen MR) is 96.5 cm³/mol. The molecule has 0 saturated carbocycles. The first-order valence-corrected chi connectivity index (χ1v) is 8.10. The minimum Gasteiger partial charge on any atom is -0.480 e. The van der Waals surface area contributed by atoms with Crippen LogP contribution in [-0.2, 0) is 20.8 Å². The lowest BCUT2D eigenvalue weighted by Gasteiger charge is -2.22. The van der Waals surface area contributed by atoms with E-state index in [2.05, 4.69) is 10.6 Å². The number of benzene rings is 1. The van der Waals surface area contributed by atoms with E-state index in [-0.39, 0.29) is 18.7 Å². The van der Waals surface area contributed by atoms with Gasteiger partial charge in [0, 0.05) is 6.54 Å². The summed E-state index contributed by atoms with van der Waals surface area (Å²) in [7, 11) is 1.27. The normalized spacial score (nSPS) is 11.0. The zero-order valence-corrected chi connectivity index (χ0v) is 16.0. The van der Waals surface area contributed by atoms with Gasteiger partial charge in [-0.05, 0) is 57.4 Å². The van der Waals surface area contributed by atoms with Crippen LogP contribution in [0.1, 0.15) is 47.8 Å². The van der Waals surface area contributed by atoms with E-state index in [9.17, 15) is 14.4 Å². The van der Waals surface area contributed by atoms with Crippen molar-refractivity contribution in [3.05, 3.63) is 28.3 Å². The Hall–Kier alpha value is -2.61. The molecule has 0 spiro atoms. The van der Waals surface area contributed by atoms with Gasteiger partial charge in [0.05, 0.1) is 24.9 Å². The summed E-state index contributed by atoms with van der Waals surface area (Å²) in [5.74, 6) is -1.54. The molecule has 26 heavy (non-hydrogen) atoms. The third-order valence-electron chi connectivity index (χ3n) is 3.58. The fourth-order valence-corrected chi connectivity index (χ4v) is 2.37. The van der Waals surface area contributed by atoms with Crippen molar-refractivity contribution in [2.24, 2.45) is 0 Å². The molecule has 0 unspecified atom stereocenters. The van der Waals surface area contributed by atoms with E-state index in [0.29, 0.717) is 22.4 Å². The highest BCUT2D eigenvalue weighted by Gasteiger charge is 2.22. The SMILES string of the molecule is COC(=O)c1cc(CNCC(=O)O)c(C)c(NC(=O)OC(C)(C)C)c1C. The molecule has 0 radical (unpaired) electrons. The lowest BCUT2D eigenvalue weighted by molar-refractivity contribution is -0.136. The van der Waals surface area contributed by atoms with Gasteiger partial charge in [-0.3, -0.25) is 10.1 Å². The Morgan fingerprint density at radius 3 is 2.27 bits per heavy atom. The summed E-state index contributed by atoms with van der Waals surface area (Å²) in [6.07, 6.45) is -0.643. The molecule has 0 saturated heterocycles. The van der Waals surface area contributed by atoms with Crippen molar-refractivity contribution in [1.29, 1.82) is 0 Å². The van der Waals surface area contributed by atoms with Crippen LogP contribution >= 0.6 is 0 Å². The van der Waals surface area contributed by atoms with Crippen molar-refractivity contribution < 1.29 is 29.0 Å². The van der Waals surface area contributed by atoms with Crippen LogP contribution in [0.15, 0.2) is 6.07 Å². The summed E-state index contributed by atoms with van der Waals surface area (Å²) < 4.78 is 10.1. The molecule has 1 rings (SSSR count). The summed E-state index contributed by atoms with van der Waals surface area (Å²) >= 11 is 0. The molecule has 144 valence electrons. The molecule has 0 aliphatic carbocycles. The van der Waals surface area contributed by atoms with Crippen molar-refractivity contribution in [3.8, 4) is 0 Å². The van der Waals surface area contributed by atoms with E-state index in [4.69, 9.17) is 14.6 Å². The Morgan fingerprint density at radius 1 is 1.15 bits per heavy atom. The maximum Gasteiger partial charge on any atom is 0.412 e. The van der Waals surface area contributed by atoms with Gasteiger partial charge in [-0.1, -0.05) is 0 Å². The van der Waals surface area contributed by atoms with Gasteiger partial charge in [-0.15, -0.1) is 0 Å². The number of hydrogen-bond acceptors (Lipinski definition) is 6. The largest absolute Gasteiger partial charge is 0.480 e. The second kappa shape index (κ2) is 8.66. The van der Waals surface area contributed by atoms with Gasteiger partial charge in [0.25, 0.3) is 0 Å². The third kappa shape index (κ3) is 6.03. The highest BCUT2D eigenvalue weighted by molar-refractivity contribution is 5.96. The fraction of sp³-hybridized carbons (Fsp3) is 0.500. The van der Waals surface area contributed by atoms with E-state index in [1.165, 1.54) is 7.11 Å². The molecule has 0 aromatic heterocycles. The van der Waals surface area contributed by atoms with Crippen molar-refractivity contribution in [1.82, 2.24) is 5.32 Å². The molecule has 0 aliphatic heterocycles. The summed E-state index contributed by atoms with van der Waals surface area (Å²) in [5, 5.41) is 14.2. The maximum atomic E-state index is 12.2. The van der Waals surface area contributed by atoms with Gasteiger partial charge < -0.3 is 19.9 Å². The average Bonchev–Trinajstić information content (AvgIpc) is 2.50. The number of hydrogen-bond donors (Lipinski definition) is 3. The summed E-state index contributed by atoms with van der Waals surface area (Å²) in [6.45, 7) is 8.70. The summed E-state index contributed by atoms with van der Waals surface area (Å²) in [5.41, 5.74) is 1.98. The van der Waals surface area contributed by atoms with E-state index in [1.807, 2.05) is 0 Å². The van der Waals surface area contributed by atoms with Crippen LogP contribution in [0.2, 0.25) is 0 Å². The smallest absolute Gasteiger partial charge is 0.412 e. The predicted octanol–water partition coefficient (Wildman–Crippen LogP) is 2.61. The third-order valence-corrected chi connectivity index (χ3v) is 3.58. The highest BCUT2D eigenvalue weighted by Crippen LogP contribution is 2.28. The number of carboxylic acids is 1. The minimum atomic E-state index is -0.991. The lowest BCUT2D eigenvalue weighted by Crippen LogP contribution is -2.28. The second-order valence-electron chi connectivity index (χ2n) is 6.82. The highest BCUT2D eigenvalue weighted by atomic mass is 16.6. The lowest BCUT2D eigenvalue weighted by atomic mass is 9.96. The van der Waals surface area contributed by atoms with Crippen molar-refractivity contribution in [2.45, 2.75) is 46.8 Å². The molecule has 8 heteroatoms. The van der Waals surface area contributed by atoms with Crippen LogP contribution in [0, 0.1) is 13.8 Å². The van der Waals surface area contributed by atoms with Gasteiger partial charge in [-0.2, -0.15) is 0 Å². The first-order chi connectivity index (χ1) is 12.0. The number of rotatable bonds is 6. The number of carboxylic acid groups (broad SMARTS) is 1. The first kappa shape index (κ1) is 21.4. The van der Waals surface area contributed by atoms with E-state index >= 15 is 0 Å². The molecule has 3 N–H and O–H groups in total. The van der Waals surface area contributed by atoms with Crippen molar-refractivity contribution in [3.63, 3.8) is 0 Å². The van der Waals surface area contributed by atoms with E-state index in [0.717, 1.165) is 0 Å². The molecule has 1 aromatic rings. The number of ether oxygens (including phenoxy) is 2. The molecule has 1 aromatic carbocycles. The molecule has 8 nitrogen and oxygen atoms in total. The van der Waals surface area contributed by atoms with Crippen molar-refractivity contribution >= 4 is 23.7 Å². The minimum absolute atomic E-state index is 0.214. The van der Waals surface area contributed by atoms with Gasteiger partial charge in [0.1, 0.15) is 5.60 Å². The number of esters is 1. The summed E-state index contributed by atoms with van der Waals surface area (Å²) in [4.78, 5) is 34.9. The zero-order valence-electron chi connectivity index (χ0n) is 16.0. The van der Waals surface area contributed by atoms with Crippen LogP contribution in [0.5, 0.6) is 0 Å². The number of carbonyl (C=O) groups excluding carboxylic acids is 2. The quantitative estimate of drug-likeness (QED) is 0.663. The van der Waals surface area contributed by atoms with E-state index in [1.54, 1.807) is 40.7 Å². The molecular weight excluding hydrogens is 340 g/mol. The number of methoxy groups -OCH3 is 1. The average molecular weight is 366 g/mol. The van der Waals surface area contributed by atoms with Crippen LogP contribution in [-0.4, -0.2) is 42.4 Å². The fourth-order valence-electron chi connectivity index (χ4n) is 2.37. The van der Waals surface area contributed by atoms with Gasteiger partial charge in [-0.25, -0.2) is 9.59 Å². The van der Waals surface area contributed by atoms with E-state index < -0.39 is 23.6 Å². The first-order valence-electron chi connectivity index (χ1n) is 8.10. The molecule has 0 bridgehead atoms. The van der Waals surface area contributed by atoms with Gasteiger partial charge in [0.15, 0.2) is 0 Å².